The van der Waals surface area contributed by atoms with Crippen LogP contribution < -0.4 is 10.6 Å². The van der Waals surface area contributed by atoms with E-state index in [0.29, 0.717) is 12.1 Å². The van der Waals surface area contributed by atoms with Crippen LogP contribution in [0.4, 0.5) is 11.4 Å². The first kappa shape index (κ1) is 12.7. The molecule has 96 valence electrons. The molecule has 1 aromatic rings. The first-order valence-electron chi connectivity index (χ1n) is 6.47. The number of para-hydroxylation sites is 2. The lowest BCUT2D eigenvalue weighted by Gasteiger charge is -2.36. The number of rotatable bonds is 4. The smallest absolute Gasteiger partial charge is 0.0579 e. The zero-order chi connectivity index (χ0) is 13.1. The van der Waals surface area contributed by atoms with Crippen molar-refractivity contribution in [2.75, 3.05) is 10.6 Å². The van der Waals surface area contributed by atoms with E-state index >= 15 is 0 Å². The van der Waals surface area contributed by atoms with Crippen molar-refractivity contribution in [2.24, 2.45) is 0 Å². The molecule has 1 aromatic carbocycles. The minimum Gasteiger partial charge on any atom is -0.378 e. The first-order chi connectivity index (χ1) is 8.56. The standard InChI is InChI=1S/C16H22N2/c1-11(2)9-15-16(10-12(3)4)18-14-8-6-5-7-13(14)17-15/h5-8,15-18H,1,3,9-10H2,2,4H3/t15-,16+. The number of hydrogen-bond donors (Lipinski definition) is 2. The lowest BCUT2D eigenvalue weighted by atomic mass is 9.93. The van der Waals surface area contributed by atoms with Crippen molar-refractivity contribution >= 4 is 11.4 Å². The monoisotopic (exact) mass is 242 g/mol. The van der Waals surface area contributed by atoms with Crippen LogP contribution in [0.5, 0.6) is 0 Å². The highest BCUT2D eigenvalue weighted by molar-refractivity contribution is 5.72. The number of anilines is 2. The largest absolute Gasteiger partial charge is 0.378 e. The van der Waals surface area contributed by atoms with Crippen molar-refractivity contribution in [1.29, 1.82) is 0 Å². The van der Waals surface area contributed by atoms with E-state index in [4.69, 9.17) is 0 Å². The average molecular weight is 242 g/mol. The van der Waals surface area contributed by atoms with Crippen LogP contribution in [0, 0.1) is 0 Å². The molecular formula is C16H22N2. The summed E-state index contributed by atoms with van der Waals surface area (Å²) >= 11 is 0. The van der Waals surface area contributed by atoms with Crippen LogP contribution in [0.2, 0.25) is 0 Å². The second-order valence-electron chi connectivity index (χ2n) is 5.37. The Kier molecular flexibility index (Phi) is 3.75. The molecule has 1 aliphatic heterocycles. The van der Waals surface area contributed by atoms with Crippen LogP contribution in [0.25, 0.3) is 0 Å². The Morgan fingerprint density at radius 1 is 0.944 bits per heavy atom. The van der Waals surface area contributed by atoms with E-state index in [1.54, 1.807) is 0 Å². The highest BCUT2D eigenvalue weighted by Gasteiger charge is 2.26. The Labute approximate surface area is 110 Å². The predicted octanol–water partition coefficient (Wildman–Crippen LogP) is 4.19. The van der Waals surface area contributed by atoms with E-state index in [0.717, 1.165) is 12.8 Å². The minimum absolute atomic E-state index is 0.383. The highest BCUT2D eigenvalue weighted by atomic mass is 15.1. The Morgan fingerprint density at radius 2 is 1.33 bits per heavy atom. The molecular weight excluding hydrogens is 220 g/mol. The molecule has 1 aliphatic rings. The van der Waals surface area contributed by atoms with Crippen LogP contribution in [0.1, 0.15) is 26.7 Å². The predicted molar refractivity (Wildman–Crippen MR) is 80.1 cm³/mol. The third-order valence-electron chi connectivity index (χ3n) is 3.23. The molecule has 0 radical (unpaired) electrons. The molecule has 0 spiro atoms. The van der Waals surface area contributed by atoms with Crippen LogP contribution in [0.3, 0.4) is 0 Å². The molecule has 0 fully saturated rings. The maximum Gasteiger partial charge on any atom is 0.0579 e. The Morgan fingerprint density at radius 3 is 1.67 bits per heavy atom. The summed E-state index contributed by atoms with van der Waals surface area (Å²) < 4.78 is 0. The van der Waals surface area contributed by atoms with E-state index in [2.05, 4.69) is 61.9 Å². The number of nitrogens with one attached hydrogen (secondary N) is 2. The summed E-state index contributed by atoms with van der Waals surface area (Å²) in [5.41, 5.74) is 4.78. The summed E-state index contributed by atoms with van der Waals surface area (Å²) in [5.74, 6) is 0. The molecule has 0 saturated carbocycles. The van der Waals surface area contributed by atoms with Gasteiger partial charge in [0.05, 0.1) is 23.5 Å². The van der Waals surface area contributed by atoms with Gasteiger partial charge in [0, 0.05) is 0 Å². The van der Waals surface area contributed by atoms with E-state index in [1.165, 1.54) is 22.5 Å². The quantitative estimate of drug-likeness (QED) is 0.773. The van der Waals surface area contributed by atoms with Crippen LogP contribution >= 0.6 is 0 Å². The zero-order valence-corrected chi connectivity index (χ0v) is 11.3. The molecule has 0 unspecified atom stereocenters. The molecule has 2 N–H and O–H groups in total. The topological polar surface area (TPSA) is 24.1 Å². The Balaban J connectivity index is 2.21. The molecule has 2 nitrogen and oxygen atoms in total. The van der Waals surface area contributed by atoms with Crippen molar-refractivity contribution < 1.29 is 0 Å². The minimum atomic E-state index is 0.383. The lowest BCUT2D eigenvalue weighted by molar-refractivity contribution is 0.568. The normalized spacial score (nSPS) is 21.4. The van der Waals surface area contributed by atoms with Gasteiger partial charge in [-0.3, -0.25) is 0 Å². The molecule has 0 aromatic heterocycles. The lowest BCUT2D eigenvalue weighted by Crippen LogP contribution is -2.43. The molecule has 18 heavy (non-hydrogen) atoms. The molecule has 0 saturated heterocycles. The van der Waals surface area contributed by atoms with Crippen molar-refractivity contribution in [3.05, 3.63) is 48.6 Å². The Hall–Kier alpha value is -1.70. The van der Waals surface area contributed by atoms with E-state index < -0.39 is 0 Å². The fourth-order valence-corrected chi connectivity index (χ4v) is 2.47. The van der Waals surface area contributed by atoms with Gasteiger partial charge in [0.25, 0.3) is 0 Å². The van der Waals surface area contributed by atoms with Crippen LogP contribution in [-0.2, 0) is 0 Å². The Bertz CT molecular complexity index is 419. The second kappa shape index (κ2) is 5.30. The van der Waals surface area contributed by atoms with E-state index in [9.17, 15) is 0 Å². The summed E-state index contributed by atoms with van der Waals surface area (Å²) in [6.07, 6.45) is 1.97. The number of fused-ring (bicyclic) bond motifs is 1. The summed E-state index contributed by atoms with van der Waals surface area (Å²) in [5, 5.41) is 7.24. The first-order valence-corrected chi connectivity index (χ1v) is 6.47. The van der Waals surface area contributed by atoms with Gasteiger partial charge >= 0.3 is 0 Å². The second-order valence-corrected chi connectivity index (χ2v) is 5.37. The number of benzene rings is 1. The molecule has 2 atom stereocenters. The summed E-state index contributed by atoms with van der Waals surface area (Å²) in [4.78, 5) is 0. The highest BCUT2D eigenvalue weighted by Crippen LogP contribution is 2.31. The van der Waals surface area contributed by atoms with E-state index in [1.807, 2.05) is 0 Å². The summed E-state index contributed by atoms with van der Waals surface area (Å²) in [6.45, 7) is 12.2. The zero-order valence-electron chi connectivity index (χ0n) is 11.3. The molecule has 0 amide bonds. The van der Waals surface area contributed by atoms with Crippen molar-refractivity contribution in [2.45, 2.75) is 38.8 Å². The molecule has 0 aliphatic carbocycles. The van der Waals surface area contributed by atoms with Crippen molar-refractivity contribution in [1.82, 2.24) is 0 Å². The van der Waals surface area contributed by atoms with Gasteiger partial charge in [-0.05, 0) is 38.8 Å². The van der Waals surface area contributed by atoms with Crippen molar-refractivity contribution in [3.63, 3.8) is 0 Å². The van der Waals surface area contributed by atoms with Gasteiger partial charge in [0.15, 0.2) is 0 Å². The van der Waals surface area contributed by atoms with Gasteiger partial charge in [0.2, 0.25) is 0 Å². The molecule has 2 rings (SSSR count). The average Bonchev–Trinajstić information content (AvgIpc) is 2.28. The van der Waals surface area contributed by atoms with Gasteiger partial charge < -0.3 is 10.6 Å². The summed E-state index contributed by atoms with van der Waals surface area (Å²) in [6, 6.07) is 9.12. The van der Waals surface area contributed by atoms with Crippen molar-refractivity contribution in [3.8, 4) is 0 Å². The van der Waals surface area contributed by atoms with Gasteiger partial charge in [-0.15, -0.1) is 13.2 Å². The van der Waals surface area contributed by atoms with Gasteiger partial charge in [-0.1, -0.05) is 23.3 Å². The van der Waals surface area contributed by atoms with Gasteiger partial charge in [0.1, 0.15) is 0 Å². The fourth-order valence-electron chi connectivity index (χ4n) is 2.47. The third-order valence-corrected chi connectivity index (χ3v) is 3.23. The van der Waals surface area contributed by atoms with E-state index in [-0.39, 0.29) is 0 Å². The summed E-state index contributed by atoms with van der Waals surface area (Å²) in [7, 11) is 0. The fraction of sp³-hybridized carbons (Fsp3) is 0.375. The van der Waals surface area contributed by atoms with Crippen LogP contribution in [0.15, 0.2) is 48.6 Å². The maximum atomic E-state index is 4.03. The molecule has 1 heterocycles. The maximum absolute atomic E-state index is 4.03. The van der Waals surface area contributed by atoms with Crippen LogP contribution in [-0.4, -0.2) is 12.1 Å². The molecule has 2 heteroatoms. The van der Waals surface area contributed by atoms with Gasteiger partial charge in [-0.25, -0.2) is 0 Å². The number of hydrogen-bond acceptors (Lipinski definition) is 2. The SMILES string of the molecule is C=C(C)C[C@@H]1Nc2ccccc2N[C@@H]1CC(=C)C. The molecule has 0 bridgehead atoms. The van der Waals surface area contributed by atoms with Gasteiger partial charge in [-0.2, -0.15) is 0 Å². The third kappa shape index (κ3) is 2.95.